The molecule has 0 aliphatic carbocycles. The predicted molar refractivity (Wildman–Crippen MR) is 134 cm³/mol. The smallest absolute Gasteiger partial charge is 0.330 e. The van der Waals surface area contributed by atoms with Crippen molar-refractivity contribution in [1.29, 1.82) is 0 Å². The average molecular weight is 494 g/mol. The lowest BCUT2D eigenvalue weighted by Gasteiger charge is -2.20. The van der Waals surface area contributed by atoms with Crippen molar-refractivity contribution in [3.8, 4) is 5.75 Å². The van der Waals surface area contributed by atoms with Crippen molar-refractivity contribution >= 4 is 21.8 Å². The first-order chi connectivity index (χ1) is 16.8. The fraction of sp³-hybridized carbons (Fsp3) is 0.192. The highest BCUT2D eigenvalue weighted by Gasteiger charge is 2.31. The van der Waals surface area contributed by atoms with Gasteiger partial charge in [0.1, 0.15) is 18.0 Å². The zero-order valence-corrected chi connectivity index (χ0v) is 20.0. The molecule has 0 saturated heterocycles. The van der Waals surface area contributed by atoms with Crippen molar-refractivity contribution in [3.05, 3.63) is 107 Å². The number of ether oxygens (including phenoxy) is 1. The Hall–Kier alpha value is -3.98. The molecule has 3 aromatic rings. The van der Waals surface area contributed by atoms with Gasteiger partial charge in [-0.1, -0.05) is 67.6 Å². The SMILES string of the molecule is CCC(C(N)=O)c1ccccc1Cc1ccc(N2C=C(O)NS2(=O)=O)c(OCc2ccccc2)c1. The summed E-state index contributed by atoms with van der Waals surface area (Å²) in [6.07, 6.45) is 2.17. The Balaban J connectivity index is 1.70. The summed E-state index contributed by atoms with van der Waals surface area (Å²) >= 11 is 0. The van der Waals surface area contributed by atoms with Gasteiger partial charge in [-0.25, -0.2) is 9.03 Å². The molecule has 4 rings (SSSR count). The van der Waals surface area contributed by atoms with Gasteiger partial charge in [0.25, 0.3) is 0 Å². The van der Waals surface area contributed by atoms with Crippen molar-refractivity contribution in [2.75, 3.05) is 4.31 Å². The summed E-state index contributed by atoms with van der Waals surface area (Å²) in [5, 5.41) is 9.75. The van der Waals surface area contributed by atoms with Crippen molar-refractivity contribution in [2.45, 2.75) is 32.3 Å². The fourth-order valence-electron chi connectivity index (χ4n) is 4.12. The van der Waals surface area contributed by atoms with Gasteiger partial charge >= 0.3 is 10.2 Å². The normalized spacial score (nSPS) is 15.2. The first-order valence-electron chi connectivity index (χ1n) is 11.2. The van der Waals surface area contributed by atoms with Crippen LogP contribution in [-0.2, 0) is 28.0 Å². The molecule has 8 nitrogen and oxygen atoms in total. The van der Waals surface area contributed by atoms with E-state index in [-0.39, 0.29) is 18.2 Å². The van der Waals surface area contributed by atoms with E-state index in [0.29, 0.717) is 18.6 Å². The number of carbonyl (C=O) groups is 1. The van der Waals surface area contributed by atoms with Crippen molar-refractivity contribution in [1.82, 2.24) is 4.72 Å². The first kappa shape index (κ1) is 24.2. The van der Waals surface area contributed by atoms with Crippen LogP contribution in [0.15, 0.2) is 84.9 Å². The molecular weight excluding hydrogens is 466 g/mol. The molecule has 3 aromatic carbocycles. The molecule has 1 unspecified atom stereocenters. The molecule has 0 bridgehead atoms. The van der Waals surface area contributed by atoms with Crippen LogP contribution in [-0.4, -0.2) is 19.4 Å². The van der Waals surface area contributed by atoms with E-state index in [0.717, 1.165) is 32.8 Å². The Morgan fingerprint density at radius 1 is 1.06 bits per heavy atom. The Morgan fingerprint density at radius 3 is 2.43 bits per heavy atom. The van der Waals surface area contributed by atoms with E-state index >= 15 is 0 Å². The largest absolute Gasteiger partial charge is 0.493 e. The molecule has 0 saturated carbocycles. The van der Waals surface area contributed by atoms with Crippen LogP contribution in [0, 0.1) is 0 Å². The van der Waals surface area contributed by atoms with Gasteiger partial charge in [-0.15, -0.1) is 0 Å². The monoisotopic (exact) mass is 493 g/mol. The Kier molecular flexibility index (Phi) is 6.97. The summed E-state index contributed by atoms with van der Waals surface area (Å²) in [6, 6.07) is 22.4. The van der Waals surface area contributed by atoms with E-state index in [1.165, 1.54) is 0 Å². The number of carbonyl (C=O) groups excluding carboxylic acids is 1. The molecule has 0 aromatic heterocycles. The lowest BCUT2D eigenvalue weighted by atomic mass is 9.89. The van der Waals surface area contributed by atoms with Crippen LogP contribution in [0.5, 0.6) is 5.75 Å². The number of hydrogen-bond donors (Lipinski definition) is 3. The molecule has 9 heteroatoms. The molecule has 35 heavy (non-hydrogen) atoms. The lowest BCUT2D eigenvalue weighted by Crippen LogP contribution is -2.30. The fourth-order valence-corrected chi connectivity index (χ4v) is 5.18. The second-order valence-electron chi connectivity index (χ2n) is 8.23. The van der Waals surface area contributed by atoms with E-state index in [9.17, 15) is 18.3 Å². The van der Waals surface area contributed by atoms with E-state index in [1.807, 2.05) is 66.2 Å². The third-order valence-corrected chi connectivity index (χ3v) is 7.09. The van der Waals surface area contributed by atoms with Crippen LogP contribution in [0.2, 0.25) is 0 Å². The van der Waals surface area contributed by atoms with Crippen molar-refractivity contribution in [2.24, 2.45) is 5.73 Å². The van der Waals surface area contributed by atoms with Gasteiger partial charge in [0, 0.05) is 0 Å². The second-order valence-corrected chi connectivity index (χ2v) is 9.78. The van der Waals surface area contributed by atoms with Crippen molar-refractivity contribution in [3.63, 3.8) is 0 Å². The topological polar surface area (TPSA) is 122 Å². The third kappa shape index (κ3) is 5.41. The summed E-state index contributed by atoms with van der Waals surface area (Å²) in [6.45, 7) is 2.15. The molecule has 0 radical (unpaired) electrons. The first-order valence-corrected chi connectivity index (χ1v) is 12.6. The number of nitrogens with two attached hydrogens (primary N) is 1. The summed E-state index contributed by atoms with van der Waals surface area (Å²) in [4.78, 5) is 12.0. The van der Waals surface area contributed by atoms with Gasteiger partial charge in [0.05, 0.1) is 12.1 Å². The molecule has 1 aliphatic rings. The number of amides is 1. The lowest BCUT2D eigenvalue weighted by molar-refractivity contribution is -0.119. The van der Waals surface area contributed by atoms with Gasteiger partial charge in [0.15, 0.2) is 0 Å². The average Bonchev–Trinajstić information content (AvgIpc) is 3.11. The summed E-state index contributed by atoms with van der Waals surface area (Å²) in [5.74, 6) is -0.912. The number of benzene rings is 3. The summed E-state index contributed by atoms with van der Waals surface area (Å²) in [7, 11) is -3.99. The maximum absolute atomic E-state index is 12.5. The minimum absolute atomic E-state index is 0.227. The van der Waals surface area contributed by atoms with Crippen LogP contribution in [0.3, 0.4) is 0 Å². The van der Waals surface area contributed by atoms with Gasteiger partial charge in [-0.3, -0.25) is 4.79 Å². The maximum Gasteiger partial charge on any atom is 0.330 e. The number of nitrogens with one attached hydrogen (secondary N) is 1. The van der Waals surface area contributed by atoms with Gasteiger partial charge in [-0.2, -0.15) is 8.42 Å². The zero-order chi connectivity index (χ0) is 25.0. The van der Waals surface area contributed by atoms with Crippen LogP contribution in [0.1, 0.15) is 41.5 Å². The number of aliphatic hydroxyl groups is 1. The van der Waals surface area contributed by atoms with Crippen LogP contribution in [0.25, 0.3) is 0 Å². The predicted octanol–water partition coefficient (Wildman–Crippen LogP) is 3.85. The third-order valence-electron chi connectivity index (χ3n) is 5.81. The highest BCUT2D eigenvalue weighted by atomic mass is 32.2. The van der Waals surface area contributed by atoms with Crippen LogP contribution in [0.4, 0.5) is 5.69 Å². The molecule has 182 valence electrons. The number of anilines is 1. The molecule has 1 amide bonds. The van der Waals surface area contributed by atoms with E-state index in [1.54, 1.807) is 18.2 Å². The summed E-state index contributed by atoms with van der Waals surface area (Å²) < 4.78 is 34.0. The molecule has 4 N–H and O–H groups in total. The number of aliphatic hydroxyl groups excluding tert-OH is 1. The van der Waals surface area contributed by atoms with E-state index in [2.05, 4.69) is 0 Å². The Morgan fingerprint density at radius 2 is 1.77 bits per heavy atom. The molecule has 1 heterocycles. The van der Waals surface area contributed by atoms with Gasteiger partial charge in [0.2, 0.25) is 11.8 Å². The van der Waals surface area contributed by atoms with Gasteiger partial charge in [-0.05, 0) is 47.2 Å². The van der Waals surface area contributed by atoms with Crippen LogP contribution >= 0.6 is 0 Å². The quantitative estimate of drug-likeness (QED) is 0.418. The van der Waals surface area contributed by atoms with E-state index < -0.39 is 22.0 Å². The number of primary amides is 1. The zero-order valence-electron chi connectivity index (χ0n) is 19.2. The number of nitrogens with zero attached hydrogens (tertiary/aromatic N) is 1. The molecule has 1 aliphatic heterocycles. The minimum atomic E-state index is -3.99. The van der Waals surface area contributed by atoms with Crippen molar-refractivity contribution < 1.29 is 23.1 Å². The highest BCUT2D eigenvalue weighted by molar-refractivity contribution is 7.91. The molecular formula is C26H27N3O5S. The minimum Gasteiger partial charge on any atom is -0.493 e. The number of hydrogen-bond acceptors (Lipinski definition) is 5. The second kappa shape index (κ2) is 10.1. The molecule has 0 spiro atoms. The summed E-state index contributed by atoms with van der Waals surface area (Å²) in [5.41, 5.74) is 9.50. The molecule has 0 fully saturated rings. The Bertz CT molecular complexity index is 1360. The van der Waals surface area contributed by atoms with E-state index in [4.69, 9.17) is 10.5 Å². The van der Waals surface area contributed by atoms with Crippen LogP contribution < -0.4 is 19.5 Å². The number of rotatable bonds is 9. The molecule has 1 atom stereocenters. The Labute approximate surface area is 204 Å². The maximum atomic E-state index is 12.5. The standard InChI is InChI=1S/C26H27N3O5S/c1-2-21(26(27)31)22-11-7-6-10-20(22)14-19-12-13-23(29-16-25(30)28-35(29,32)33)24(15-19)34-17-18-8-4-3-5-9-18/h3-13,15-16,21,28,30H,2,14,17H2,1H3,(H2,27,31). The highest BCUT2D eigenvalue weighted by Crippen LogP contribution is 2.35. The van der Waals surface area contributed by atoms with Gasteiger partial charge < -0.3 is 15.6 Å².